The van der Waals surface area contributed by atoms with Gasteiger partial charge in [0.1, 0.15) is 11.7 Å². The molecule has 15 heavy (non-hydrogen) atoms. The van der Waals surface area contributed by atoms with Gasteiger partial charge in [-0.1, -0.05) is 24.2 Å². The van der Waals surface area contributed by atoms with Gasteiger partial charge >= 0.3 is 0 Å². The van der Waals surface area contributed by atoms with Crippen molar-refractivity contribution in [3.8, 4) is 5.75 Å². The van der Waals surface area contributed by atoms with Crippen LogP contribution in [-0.2, 0) is 5.41 Å². The van der Waals surface area contributed by atoms with Crippen molar-refractivity contribution in [2.45, 2.75) is 29.6 Å². The zero-order chi connectivity index (χ0) is 10.3. The molecule has 2 nitrogen and oxygen atoms in total. The number of ether oxygens (including phenoxy) is 1. The second-order valence-corrected chi connectivity index (χ2v) is 5.37. The van der Waals surface area contributed by atoms with E-state index in [9.17, 15) is 0 Å². The van der Waals surface area contributed by atoms with E-state index in [2.05, 4.69) is 18.2 Å². The molecule has 1 aromatic carbocycles. The summed E-state index contributed by atoms with van der Waals surface area (Å²) < 4.78 is 5.48. The zero-order valence-electron chi connectivity index (χ0n) is 8.66. The van der Waals surface area contributed by atoms with E-state index < -0.39 is 0 Å². The van der Waals surface area contributed by atoms with Gasteiger partial charge < -0.3 is 10.5 Å². The van der Waals surface area contributed by atoms with Crippen LogP contribution in [0.3, 0.4) is 0 Å². The normalized spacial score (nSPS) is 21.7. The number of thioether (sulfide) groups is 1. The lowest BCUT2D eigenvalue weighted by Crippen LogP contribution is -2.41. The fraction of sp³-hybridized carbons (Fsp3) is 0.500. The molecule has 0 atom stereocenters. The van der Waals surface area contributed by atoms with Gasteiger partial charge in [-0.15, -0.1) is 0 Å². The van der Waals surface area contributed by atoms with Gasteiger partial charge in [-0.3, -0.25) is 0 Å². The van der Waals surface area contributed by atoms with E-state index in [1.54, 1.807) is 11.8 Å². The van der Waals surface area contributed by atoms with Crippen molar-refractivity contribution in [3.63, 3.8) is 0 Å². The molecule has 2 N–H and O–H groups in total. The largest absolute Gasteiger partial charge is 0.481 e. The van der Waals surface area contributed by atoms with E-state index in [-0.39, 0.29) is 5.41 Å². The number of benzene rings is 1. The Morgan fingerprint density at radius 3 is 2.93 bits per heavy atom. The fourth-order valence-electron chi connectivity index (χ4n) is 2.44. The second kappa shape index (κ2) is 3.42. The highest BCUT2D eigenvalue weighted by Crippen LogP contribution is 2.46. The van der Waals surface area contributed by atoms with Crippen LogP contribution in [0.2, 0.25) is 0 Å². The van der Waals surface area contributed by atoms with Crippen molar-refractivity contribution in [1.82, 2.24) is 0 Å². The maximum Gasteiger partial charge on any atom is 0.138 e. The first-order valence-electron chi connectivity index (χ1n) is 5.44. The van der Waals surface area contributed by atoms with Crippen LogP contribution in [0.25, 0.3) is 0 Å². The van der Waals surface area contributed by atoms with Crippen LogP contribution < -0.4 is 10.5 Å². The van der Waals surface area contributed by atoms with E-state index in [0.717, 1.165) is 18.2 Å². The molecule has 1 aliphatic heterocycles. The Bertz CT molecular complexity index is 382. The molecule has 3 heteroatoms. The third-order valence-corrected chi connectivity index (χ3v) is 4.55. The van der Waals surface area contributed by atoms with Crippen LogP contribution in [0.1, 0.15) is 24.8 Å². The van der Waals surface area contributed by atoms with E-state index in [1.165, 1.54) is 29.7 Å². The smallest absolute Gasteiger partial charge is 0.138 e. The van der Waals surface area contributed by atoms with Crippen molar-refractivity contribution < 1.29 is 4.74 Å². The molecular weight excluding hydrogens is 206 g/mol. The summed E-state index contributed by atoms with van der Waals surface area (Å²) in [4.78, 5) is 1.28. The molecular formula is C12H15NOS. The van der Waals surface area contributed by atoms with E-state index in [0.29, 0.717) is 0 Å². The summed E-state index contributed by atoms with van der Waals surface area (Å²) in [6, 6.07) is 6.57. The monoisotopic (exact) mass is 221 g/mol. The molecule has 0 spiro atoms. The molecule has 0 unspecified atom stereocenters. The minimum atomic E-state index is 0.276. The summed E-state index contributed by atoms with van der Waals surface area (Å²) in [6.07, 6.45) is 3.81. The van der Waals surface area contributed by atoms with Crippen LogP contribution in [0.4, 0.5) is 0 Å². The highest BCUT2D eigenvalue weighted by atomic mass is 32.2. The first kappa shape index (κ1) is 9.55. The average molecular weight is 221 g/mol. The maximum absolute atomic E-state index is 5.91. The predicted octanol–water partition coefficient (Wildman–Crippen LogP) is 2.51. The van der Waals surface area contributed by atoms with Crippen LogP contribution in [0.5, 0.6) is 5.75 Å². The first-order chi connectivity index (χ1) is 7.34. The Morgan fingerprint density at radius 2 is 2.27 bits per heavy atom. The van der Waals surface area contributed by atoms with Gasteiger partial charge in [0.2, 0.25) is 0 Å². The standard InChI is InChI=1S/C12H15NOS/c13-7-12(4-1-5-12)9-2-3-10-11(6-9)15-8-14-10/h2-3,6H,1,4-5,7-8,13H2. The predicted molar refractivity (Wildman–Crippen MR) is 62.4 cm³/mol. The van der Waals surface area contributed by atoms with Gasteiger partial charge in [0, 0.05) is 12.0 Å². The van der Waals surface area contributed by atoms with E-state index in [4.69, 9.17) is 10.5 Å². The van der Waals surface area contributed by atoms with Gasteiger partial charge in [0.25, 0.3) is 0 Å². The summed E-state index contributed by atoms with van der Waals surface area (Å²) in [5, 5.41) is 0. The van der Waals surface area contributed by atoms with Crippen molar-refractivity contribution in [2.75, 3.05) is 12.5 Å². The quantitative estimate of drug-likeness (QED) is 0.833. The van der Waals surface area contributed by atoms with Gasteiger partial charge in [-0.2, -0.15) is 0 Å². The number of hydrogen-bond acceptors (Lipinski definition) is 3. The Labute approximate surface area is 94.2 Å². The van der Waals surface area contributed by atoms with Crippen LogP contribution in [0.15, 0.2) is 23.1 Å². The average Bonchev–Trinajstić information content (AvgIpc) is 2.64. The highest BCUT2D eigenvalue weighted by Gasteiger charge is 2.37. The van der Waals surface area contributed by atoms with Gasteiger partial charge in [-0.05, 0) is 30.5 Å². The molecule has 0 amide bonds. The van der Waals surface area contributed by atoms with Crippen molar-refractivity contribution in [1.29, 1.82) is 0 Å². The molecule has 0 saturated heterocycles. The Balaban J connectivity index is 1.98. The van der Waals surface area contributed by atoms with Crippen LogP contribution >= 0.6 is 11.8 Å². The molecule has 0 bridgehead atoms. The molecule has 2 aliphatic rings. The Hall–Kier alpha value is -0.670. The molecule has 0 radical (unpaired) electrons. The lowest BCUT2D eigenvalue weighted by molar-refractivity contribution is 0.252. The van der Waals surface area contributed by atoms with Crippen molar-refractivity contribution >= 4 is 11.8 Å². The number of fused-ring (bicyclic) bond motifs is 1. The second-order valence-electron chi connectivity index (χ2n) is 4.41. The van der Waals surface area contributed by atoms with Crippen LogP contribution in [0, 0.1) is 0 Å². The lowest BCUT2D eigenvalue weighted by Gasteiger charge is -2.41. The molecule has 1 aromatic rings. The number of rotatable bonds is 2. The maximum atomic E-state index is 5.91. The third kappa shape index (κ3) is 1.37. The number of nitrogens with two attached hydrogens (primary N) is 1. The minimum Gasteiger partial charge on any atom is -0.481 e. The molecule has 0 aromatic heterocycles. The van der Waals surface area contributed by atoms with E-state index >= 15 is 0 Å². The Kier molecular flexibility index (Phi) is 2.18. The molecule has 80 valence electrons. The SMILES string of the molecule is NCC1(c2ccc3c(c2)SCO3)CCC1. The highest BCUT2D eigenvalue weighted by molar-refractivity contribution is 7.99. The summed E-state index contributed by atoms with van der Waals surface area (Å²) in [5.41, 5.74) is 7.59. The molecule has 1 saturated carbocycles. The van der Waals surface area contributed by atoms with Crippen molar-refractivity contribution in [3.05, 3.63) is 23.8 Å². The fourth-order valence-corrected chi connectivity index (χ4v) is 3.23. The van der Waals surface area contributed by atoms with Crippen molar-refractivity contribution in [2.24, 2.45) is 5.73 Å². The van der Waals surface area contributed by atoms with Gasteiger partial charge in [0.15, 0.2) is 0 Å². The molecule has 3 rings (SSSR count). The van der Waals surface area contributed by atoms with E-state index in [1.807, 2.05) is 0 Å². The van der Waals surface area contributed by atoms with Gasteiger partial charge in [-0.25, -0.2) is 0 Å². The minimum absolute atomic E-state index is 0.276. The van der Waals surface area contributed by atoms with Gasteiger partial charge in [0.05, 0.1) is 4.90 Å². The third-order valence-electron chi connectivity index (χ3n) is 3.69. The lowest BCUT2D eigenvalue weighted by atomic mass is 9.64. The summed E-state index contributed by atoms with van der Waals surface area (Å²) in [5.74, 6) is 1.80. The first-order valence-corrected chi connectivity index (χ1v) is 6.43. The molecule has 1 heterocycles. The van der Waals surface area contributed by atoms with Crippen LogP contribution in [-0.4, -0.2) is 12.5 Å². The summed E-state index contributed by atoms with van der Waals surface area (Å²) in [6.45, 7) is 0.775. The molecule has 1 aliphatic carbocycles. The summed E-state index contributed by atoms with van der Waals surface area (Å²) in [7, 11) is 0. The Morgan fingerprint density at radius 1 is 1.40 bits per heavy atom. The molecule has 1 fully saturated rings. The zero-order valence-corrected chi connectivity index (χ0v) is 9.48. The number of hydrogen-bond donors (Lipinski definition) is 1. The topological polar surface area (TPSA) is 35.2 Å². The summed E-state index contributed by atoms with van der Waals surface area (Å²) >= 11 is 1.78.